The van der Waals surface area contributed by atoms with Gasteiger partial charge in [0.1, 0.15) is 0 Å². The van der Waals surface area contributed by atoms with Gasteiger partial charge in [-0.3, -0.25) is 0 Å². The third kappa shape index (κ3) is 3.74. The van der Waals surface area contributed by atoms with Gasteiger partial charge < -0.3 is 0 Å². The van der Waals surface area contributed by atoms with Gasteiger partial charge >= 0.3 is 0 Å². The minimum Gasteiger partial charge on any atom is -0.0692 e. The molecule has 92 valence electrons. The summed E-state index contributed by atoms with van der Waals surface area (Å²) in [7, 11) is -2.18. The van der Waals surface area contributed by atoms with E-state index in [0.717, 1.165) is 0 Å². The summed E-state index contributed by atoms with van der Waals surface area (Å²) >= 11 is 0. The second kappa shape index (κ2) is 4.03. The van der Waals surface area contributed by atoms with Crippen molar-refractivity contribution < 1.29 is 0 Å². The minimum atomic E-state index is -1.09. The quantitative estimate of drug-likeness (QED) is 0.559. The van der Waals surface area contributed by atoms with E-state index in [2.05, 4.69) is 67.7 Å². The molecule has 0 saturated heterocycles. The fourth-order valence-corrected chi connectivity index (χ4v) is 14.7. The first-order valence-electron chi connectivity index (χ1n) is 6.21. The van der Waals surface area contributed by atoms with Gasteiger partial charge in [-0.1, -0.05) is 73.4 Å². The molecule has 0 spiro atoms. The molecule has 2 heteroatoms. The van der Waals surface area contributed by atoms with Crippen LogP contribution >= 0.6 is 0 Å². The highest BCUT2D eigenvalue weighted by Crippen LogP contribution is 2.47. The standard InChI is InChI=1S/C13H32Si2/c1-12(2,3)14(7,8)11-15(9,10)13(4,5)6/h11H2,1-10H3. The van der Waals surface area contributed by atoms with Gasteiger partial charge in [0.2, 0.25) is 0 Å². The van der Waals surface area contributed by atoms with Crippen molar-refractivity contribution in [2.75, 3.05) is 0 Å². The van der Waals surface area contributed by atoms with Crippen LogP contribution in [0.15, 0.2) is 0 Å². The van der Waals surface area contributed by atoms with Gasteiger partial charge in [-0.15, -0.1) is 0 Å². The third-order valence-corrected chi connectivity index (χ3v) is 20.1. The van der Waals surface area contributed by atoms with Gasteiger partial charge in [0.05, 0.1) is 16.1 Å². The molecule has 0 N–H and O–H groups in total. The van der Waals surface area contributed by atoms with Crippen molar-refractivity contribution >= 4 is 16.1 Å². The average molecular weight is 245 g/mol. The van der Waals surface area contributed by atoms with Crippen LogP contribution in [0.4, 0.5) is 0 Å². The molecule has 0 fully saturated rings. The molecule has 0 atom stereocenters. The maximum atomic E-state index is 2.58. The van der Waals surface area contributed by atoms with Crippen LogP contribution in [0.3, 0.4) is 0 Å². The minimum absolute atomic E-state index is 0.544. The summed E-state index contributed by atoms with van der Waals surface area (Å²) in [5.74, 6) is 0. The first-order valence-corrected chi connectivity index (χ1v) is 12.6. The summed E-state index contributed by atoms with van der Waals surface area (Å²) in [6.07, 6.45) is 0. The molecule has 0 aromatic rings. The van der Waals surface area contributed by atoms with E-state index in [1.165, 1.54) is 0 Å². The molecule has 0 aromatic carbocycles. The zero-order chi connectivity index (χ0) is 12.7. The Morgan fingerprint density at radius 1 is 0.600 bits per heavy atom. The average Bonchev–Trinajstić information content (AvgIpc) is 1.77. The Labute approximate surface area is 99.9 Å². The Hall–Kier alpha value is 0.434. The molecule has 0 amide bonds. The fourth-order valence-electron chi connectivity index (χ4n) is 1.64. The van der Waals surface area contributed by atoms with E-state index in [9.17, 15) is 0 Å². The van der Waals surface area contributed by atoms with Crippen LogP contribution < -0.4 is 0 Å². The predicted molar refractivity (Wildman–Crippen MR) is 79.2 cm³/mol. The third-order valence-electron chi connectivity index (χ3n) is 4.94. The predicted octanol–water partition coefficient (Wildman–Crippen LogP) is 5.54. The van der Waals surface area contributed by atoms with Crippen molar-refractivity contribution in [1.82, 2.24) is 0 Å². The lowest BCUT2D eigenvalue weighted by molar-refractivity contribution is 0.702. The zero-order valence-corrected chi connectivity index (χ0v) is 14.7. The largest absolute Gasteiger partial charge is 0.0692 e. The highest BCUT2D eigenvalue weighted by atomic mass is 28.4. The molecule has 0 saturated carbocycles. The van der Waals surface area contributed by atoms with Crippen LogP contribution in [0.5, 0.6) is 0 Å². The van der Waals surface area contributed by atoms with E-state index in [0.29, 0.717) is 10.1 Å². The molecule has 0 aromatic heterocycles. The van der Waals surface area contributed by atoms with Crippen LogP contribution in [-0.2, 0) is 0 Å². The van der Waals surface area contributed by atoms with Crippen LogP contribution in [0.25, 0.3) is 0 Å². The maximum absolute atomic E-state index is 2.58. The van der Waals surface area contributed by atoms with Gasteiger partial charge in [-0.25, -0.2) is 0 Å². The van der Waals surface area contributed by atoms with E-state index >= 15 is 0 Å². The highest BCUT2D eigenvalue weighted by molar-refractivity contribution is 6.97. The Morgan fingerprint density at radius 3 is 0.933 bits per heavy atom. The molecule has 15 heavy (non-hydrogen) atoms. The van der Waals surface area contributed by atoms with E-state index < -0.39 is 16.1 Å². The topological polar surface area (TPSA) is 0 Å². The SMILES string of the molecule is CC(C)(C)[Si](C)(C)C[Si](C)(C)C(C)(C)C. The van der Waals surface area contributed by atoms with E-state index in [-0.39, 0.29) is 0 Å². The Morgan fingerprint density at radius 2 is 0.800 bits per heavy atom. The summed E-state index contributed by atoms with van der Waals surface area (Å²) in [4.78, 5) is 0. The second-order valence-electron chi connectivity index (χ2n) is 8.44. The number of hydrogen-bond donors (Lipinski definition) is 0. The molecule has 0 aliphatic carbocycles. The van der Waals surface area contributed by atoms with Crippen molar-refractivity contribution in [3.8, 4) is 0 Å². The molecule has 0 bridgehead atoms. The fraction of sp³-hybridized carbons (Fsp3) is 1.00. The van der Waals surface area contributed by atoms with Crippen molar-refractivity contribution in [3.05, 3.63) is 0 Å². The summed E-state index contributed by atoms with van der Waals surface area (Å²) in [5, 5.41) is 1.09. The Balaban J connectivity index is 4.89. The molecule has 0 heterocycles. The first kappa shape index (κ1) is 15.4. The van der Waals surface area contributed by atoms with Crippen molar-refractivity contribution in [2.45, 2.75) is 83.5 Å². The number of rotatable bonds is 2. The smallest absolute Gasteiger partial charge is 0.0501 e. The van der Waals surface area contributed by atoms with E-state index in [4.69, 9.17) is 0 Å². The van der Waals surface area contributed by atoms with Gasteiger partial charge in [0.25, 0.3) is 0 Å². The lowest BCUT2D eigenvalue weighted by Crippen LogP contribution is -2.49. The van der Waals surface area contributed by atoms with Crippen LogP contribution in [0.1, 0.15) is 41.5 Å². The summed E-state index contributed by atoms with van der Waals surface area (Å²) in [6, 6.07) is 0. The Bertz CT molecular complexity index is 190. The molecule has 0 aliphatic rings. The molecular formula is C13H32Si2. The van der Waals surface area contributed by atoms with Crippen LogP contribution in [0, 0.1) is 0 Å². The summed E-state index contributed by atoms with van der Waals surface area (Å²) in [6.45, 7) is 24.9. The monoisotopic (exact) mass is 244 g/mol. The second-order valence-corrected chi connectivity index (χ2v) is 20.4. The van der Waals surface area contributed by atoms with E-state index in [1.54, 1.807) is 5.67 Å². The van der Waals surface area contributed by atoms with Crippen molar-refractivity contribution in [2.24, 2.45) is 0 Å². The molecule has 0 unspecified atom stereocenters. The first-order chi connectivity index (χ1) is 6.21. The summed E-state index contributed by atoms with van der Waals surface area (Å²) in [5.41, 5.74) is 1.55. The highest BCUT2D eigenvalue weighted by Gasteiger charge is 2.44. The van der Waals surface area contributed by atoms with Crippen LogP contribution in [0.2, 0.25) is 41.9 Å². The van der Waals surface area contributed by atoms with Gasteiger partial charge in [-0.2, -0.15) is 0 Å². The lowest BCUT2D eigenvalue weighted by Gasteiger charge is -2.46. The Kier molecular flexibility index (Phi) is 4.14. The molecular weight excluding hydrogens is 212 g/mol. The van der Waals surface area contributed by atoms with Gasteiger partial charge in [0, 0.05) is 0 Å². The number of hydrogen-bond acceptors (Lipinski definition) is 0. The molecule has 0 rings (SSSR count). The molecule has 0 radical (unpaired) electrons. The van der Waals surface area contributed by atoms with E-state index in [1.807, 2.05) is 0 Å². The zero-order valence-electron chi connectivity index (χ0n) is 12.7. The molecule has 0 nitrogen and oxygen atoms in total. The van der Waals surface area contributed by atoms with Crippen molar-refractivity contribution in [3.63, 3.8) is 0 Å². The van der Waals surface area contributed by atoms with Crippen LogP contribution in [-0.4, -0.2) is 16.1 Å². The normalized spacial score (nSPS) is 15.6. The van der Waals surface area contributed by atoms with Gasteiger partial charge in [0.15, 0.2) is 0 Å². The molecule has 0 aliphatic heterocycles. The summed E-state index contributed by atoms with van der Waals surface area (Å²) < 4.78 is 0. The van der Waals surface area contributed by atoms with Gasteiger partial charge in [-0.05, 0) is 10.1 Å². The maximum Gasteiger partial charge on any atom is 0.0501 e. The lowest BCUT2D eigenvalue weighted by atomic mass is 10.2. The van der Waals surface area contributed by atoms with Crippen molar-refractivity contribution in [1.29, 1.82) is 0 Å².